The van der Waals surface area contributed by atoms with Crippen LogP contribution in [0.25, 0.3) is 0 Å². The Morgan fingerprint density at radius 2 is 2.07 bits per heavy atom. The first kappa shape index (κ1) is 19.1. The van der Waals surface area contributed by atoms with Gasteiger partial charge in [0.1, 0.15) is 12.1 Å². The van der Waals surface area contributed by atoms with Crippen molar-refractivity contribution in [2.24, 2.45) is 0 Å². The molecule has 2 aromatic rings. The molecule has 1 aromatic heterocycles. The summed E-state index contributed by atoms with van der Waals surface area (Å²) in [5.74, 6) is 0.765. The highest BCUT2D eigenvalue weighted by atomic mass is 19.3. The van der Waals surface area contributed by atoms with Crippen LogP contribution in [0.1, 0.15) is 56.1 Å². The molecule has 1 fully saturated rings. The molecule has 9 heteroatoms. The minimum absolute atomic E-state index is 0.0477. The number of carbonyl (C=O) groups is 1. The van der Waals surface area contributed by atoms with Gasteiger partial charge in [0.05, 0.1) is 6.04 Å². The fourth-order valence-electron chi connectivity index (χ4n) is 3.40. The van der Waals surface area contributed by atoms with Gasteiger partial charge in [0.15, 0.2) is 5.82 Å². The number of hydrogen-bond donors (Lipinski definition) is 2. The van der Waals surface area contributed by atoms with E-state index < -0.39 is 12.6 Å². The van der Waals surface area contributed by atoms with Gasteiger partial charge in [-0.25, -0.2) is 4.79 Å². The number of anilines is 1. The predicted molar refractivity (Wildman–Crippen MR) is 95.9 cm³/mol. The van der Waals surface area contributed by atoms with Crippen molar-refractivity contribution in [3.63, 3.8) is 0 Å². The van der Waals surface area contributed by atoms with Gasteiger partial charge in [-0.3, -0.25) is 0 Å². The van der Waals surface area contributed by atoms with Crippen LogP contribution in [0.2, 0.25) is 0 Å². The summed E-state index contributed by atoms with van der Waals surface area (Å²) in [5.41, 5.74) is 1.13. The molecule has 2 amide bonds. The second-order valence-electron chi connectivity index (χ2n) is 6.71. The van der Waals surface area contributed by atoms with Crippen molar-refractivity contribution < 1.29 is 18.3 Å². The second-order valence-corrected chi connectivity index (χ2v) is 6.71. The lowest BCUT2D eigenvalue weighted by Gasteiger charge is -2.19. The zero-order chi connectivity index (χ0) is 19.4. The Bertz CT molecular complexity index is 790. The van der Waals surface area contributed by atoms with E-state index in [9.17, 15) is 13.6 Å². The highest BCUT2D eigenvalue weighted by Crippen LogP contribution is 2.31. The second kappa shape index (κ2) is 8.32. The van der Waals surface area contributed by atoms with E-state index in [0.717, 1.165) is 18.7 Å². The van der Waals surface area contributed by atoms with Crippen LogP contribution in [0.3, 0.4) is 0 Å². The number of hydrogen-bond acceptors (Lipinski definition) is 4. The third-order valence-electron chi connectivity index (χ3n) is 4.73. The van der Waals surface area contributed by atoms with Crippen molar-refractivity contribution >= 4 is 11.7 Å². The molecule has 1 atom stereocenters. The summed E-state index contributed by atoms with van der Waals surface area (Å²) in [6.45, 7) is 0.667. The number of aromatic nitrogens is 3. The Morgan fingerprint density at radius 1 is 1.33 bits per heavy atom. The van der Waals surface area contributed by atoms with Gasteiger partial charge in [0.25, 0.3) is 0 Å². The molecule has 0 aliphatic heterocycles. The largest absolute Gasteiger partial charge is 0.435 e. The molecule has 7 nitrogen and oxygen atoms in total. The van der Waals surface area contributed by atoms with Crippen LogP contribution in [-0.2, 0) is 0 Å². The van der Waals surface area contributed by atoms with Gasteiger partial charge in [-0.2, -0.15) is 8.78 Å². The minimum atomic E-state index is -2.88. The number of aryl methyl sites for hydroxylation is 1. The molecule has 0 bridgehead atoms. The highest BCUT2D eigenvalue weighted by Gasteiger charge is 2.23. The summed E-state index contributed by atoms with van der Waals surface area (Å²) in [6, 6.07) is 4.01. The Hall–Kier alpha value is -2.71. The van der Waals surface area contributed by atoms with Crippen LogP contribution < -0.4 is 15.4 Å². The van der Waals surface area contributed by atoms with Crippen molar-refractivity contribution in [2.45, 2.75) is 58.2 Å². The van der Waals surface area contributed by atoms with Crippen LogP contribution in [0.5, 0.6) is 5.75 Å². The quantitative estimate of drug-likeness (QED) is 0.789. The van der Waals surface area contributed by atoms with E-state index in [1.54, 1.807) is 13.3 Å². The van der Waals surface area contributed by atoms with E-state index in [0.29, 0.717) is 17.3 Å². The molecule has 0 saturated heterocycles. The maximum absolute atomic E-state index is 12.3. The maximum Gasteiger partial charge on any atom is 0.387 e. The first-order chi connectivity index (χ1) is 12.9. The molecule has 1 unspecified atom stereocenters. The number of nitrogens with zero attached hydrogens (tertiary/aromatic N) is 3. The van der Waals surface area contributed by atoms with Gasteiger partial charge < -0.3 is 19.9 Å². The Balaban J connectivity index is 1.62. The van der Waals surface area contributed by atoms with Crippen molar-refractivity contribution in [2.75, 3.05) is 5.32 Å². The Labute approximate surface area is 156 Å². The van der Waals surface area contributed by atoms with E-state index in [1.165, 1.54) is 31.0 Å². The SMILES string of the molecule is Cc1cc(OC(F)F)ccc1NC(=O)NC(C)c1nncn1C1CCCC1. The summed E-state index contributed by atoms with van der Waals surface area (Å²) in [4.78, 5) is 12.3. The molecule has 3 rings (SSSR count). The number of ether oxygens (including phenoxy) is 1. The molecule has 1 aliphatic carbocycles. The monoisotopic (exact) mass is 379 g/mol. The summed E-state index contributed by atoms with van der Waals surface area (Å²) in [5, 5.41) is 13.7. The van der Waals surface area contributed by atoms with E-state index in [1.807, 2.05) is 11.5 Å². The zero-order valence-corrected chi connectivity index (χ0v) is 15.3. The maximum atomic E-state index is 12.3. The van der Waals surface area contributed by atoms with Gasteiger partial charge in [-0.1, -0.05) is 12.8 Å². The van der Waals surface area contributed by atoms with Gasteiger partial charge in [-0.15, -0.1) is 10.2 Å². The Kier molecular flexibility index (Phi) is 5.88. The molecule has 1 aromatic carbocycles. The minimum Gasteiger partial charge on any atom is -0.435 e. The lowest BCUT2D eigenvalue weighted by atomic mass is 10.2. The third kappa shape index (κ3) is 4.72. The molecule has 146 valence electrons. The van der Waals surface area contributed by atoms with E-state index >= 15 is 0 Å². The van der Waals surface area contributed by atoms with Crippen molar-refractivity contribution in [1.82, 2.24) is 20.1 Å². The topological polar surface area (TPSA) is 81.1 Å². The van der Waals surface area contributed by atoms with E-state index in [4.69, 9.17) is 0 Å². The summed E-state index contributed by atoms with van der Waals surface area (Å²) >= 11 is 0. The fraction of sp³-hybridized carbons (Fsp3) is 0.500. The van der Waals surface area contributed by atoms with Gasteiger partial charge in [-0.05, 0) is 50.5 Å². The lowest BCUT2D eigenvalue weighted by Crippen LogP contribution is -2.33. The highest BCUT2D eigenvalue weighted by molar-refractivity contribution is 5.90. The molecular weight excluding hydrogens is 356 g/mol. The van der Waals surface area contributed by atoms with E-state index in [2.05, 4.69) is 25.6 Å². The first-order valence-electron chi connectivity index (χ1n) is 8.96. The Morgan fingerprint density at radius 3 is 2.74 bits per heavy atom. The lowest BCUT2D eigenvalue weighted by molar-refractivity contribution is -0.0498. The van der Waals surface area contributed by atoms with Gasteiger partial charge >= 0.3 is 12.6 Å². The zero-order valence-electron chi connectivity index (χ0n) is 15.3. The molecule has 1 aliphatic rings. The third-order valence-corrected chi connectivity index (χ3v) is 4.73. The predicted octanol–water partition coefficient (Wildman–Crippen LogP) is 4.19. The number of halogens is 2. The van der Waals surface area contributed by atoms with Crippen LogP contribution in [0.4, 0.5) is 19.3 Å². The average molecular weight is 379 g/mol. The number of amides is 2. The number of benzene rings is 1. The standard InChI is InChI=1S/C18H23F2N5O2/c1-11-9-14(27-17(19)20)7-8-15(11)23-18(26)22-12(2)16-24-21-10-25(16)13-5-3-4-6-13/h7-10,12-13,17H,3-6H2,1-2H3,(H2,22,23,26). The first-order valence-corrected chi connectivity index (χ1v) is 8.96. The van der Waals surface area contributed by atoms with Crippen molar-refractivity contribution in [1.29, 1.82) is 0 Å². The van der Waals surface area contributed by atoms with Crippen LogP contribution in [0.15, 0.2) is 24.5 Å². The van der Waals surface area contributed by atoms with Crippen molar-refractivity contribution in [3.8, 4) is 5.75 Å². The normalized spacial score (nSPS) is 15.7. The summed E-state index contributed by atoms with van der Waals surface area (Å²) in [6.07, 6.45) is 6.28. The average Bonchev–Trinajstić information content (AvgIpc) is 3.27. The summed E-state index contributed by atoms with van der Waals surface area (Å²) in [7, 11) is 0. The number of nitrogens with one attached hydrogen (secondary N) is 2. The molecule has 1 heterocycles. The molecule has 0 radical (unpaired) electrons. The van der Waals surface area contributed by atoms with Gasteiger partial charge in [0, 0.05) is 11.7 Å². The smallest absolute Gasteiger partial charge is 0.387 e. The molecule has 0 spiro atoms. The molecule has 27 heavy (non-hydrogen) atoms. The van der Waals surface area contributed by atoms with Crippen LogP contribution >= 0.6 is 0 Å². The van der Waals surface area contributed by atoms with Crippen LogP contribution in [0, 0.1) is 6.92 Å². The fourth-order valence-corrected chi connectivity index (χ4v) is 3.40. The van der Waals surface area contributed by atoms with Gasteiger partial charge in [0.2, 0.25) is 0 Å². The molecule has 1 saturated carbocycles. The number of rotatable bonds is 6. The number of urea groups is 1. The summed E-state index contributed by atoms with van der Waals surface area (Å²) < 4.78 is 30.9. The molecular formula is C18H23F2N5O2. The van der Waals surface area contributed by atoms with Crippen molar-refractivity contribution in [3.05, 3.63) is 35.9 Å². The van der Waals surface area contributed by atoms with E-state index in [-0.39, 0.29) is 11.8 Å². The molecule has 2 N–H and O–H groups in total. The number of carbonyl (C=O) groups excluding carboxylic acids is 1. The van der Waals surface area contributed by atoms with Crippen LogP contribution in [-0.4, -0.2) is 27.4 Å². The number of alkyl halides is 2.